The van der Waals surface area contributed by atoms with Gasteiger partial charge in [-0.05, 0) is 26.9 Å². The maximum Gasteiger partial charge on any atom is 1.00 e. The zero-order valence-electron chi connectivity index (χ0n) is 15.7. The van der Waals surface area contributed by atoms with E-state index in [-0.39, 0.29) is 72.3 Å². The Morgan fingerprint density at radius 2 is 1.89 bits per heavy atom. The maximum atomic E-state index is 10.5. The molecule has 2 aromatic heterocycles. The third-order valence-corrected chi connectivity index (χ3v) is 4.50. The van der Waals surface area contributed by atoms with Gasteiger partial charge in [0.1, 0.15) is 6.33 Å². The summed E-state index contributed by atoms with van der Waals surface area (Å²) in [4.78, 5) is 36.2. The average Bonchev–Trinajstić information content (AvgIpc) is 2.97. The van der Waals surface area contributed by atoms with Crippen molar-refractivity contribution < 1.29 is 83.3 Å². The van der Waals surface area contributed by atoms with Gasteiger partial charge < -0.3 is 33.7 Å². The minimum Gasteiger partial charge on any atom is -0.809 e. The van der Waals surface area contributed by atoms with Crippen molar-refractivity contribution in [1.29, 1.82) is 0 Å². The van der Waals surface area contributed by atoms with Crippen LogP contribution in [0.3, 0.4) is 0 Å². The fourth-order valence-corrected chi connectivity index (χ4v) is 3.25. The Morgan fingerprint density at radius 3 is 2.56 bits per heavy atom. The van der Waals surface area contributed by atoms with Gasteiger partial charge in [-0.15, -0.1) is 0 Å². The summed E-state index contributed by atoms with van der Waals surface area (Å²) < 4.78 is 16.9. The molecule has 0 radical (unpaired) electrons. The number of aliphatic hydroxyl groups is 1. The molecule has 27 heavy (non-hydrogen) atoms. The van der Waals surface area contributed by atoms with E-state index in [1.165, 1.54) is 12.7 Å². The first-order valence-corrected chi connectivity index (χ1v) is 9.84. The van der Waals surface area contributed by atoms with E-state index in [0.717, 1.165) is 31.7 Å². The minimum absolute atomic E-state index is 0. The summed E-state index contributed by atoms with van der Waals surface area (Å²) in [6, 6.07) is 0. The molecule has 1 atom stereocenters. The van der Waals surface area contributed by atoms with E-state index in [1.807, 2.05) is 0 Å². The number of ether oxygens (including phenoxy) is 1. The largest absolute Gasteiger partial charge is 1.00 e. The molecule has 138 valence electrons. The van der Waals surface area contributed by atoms with Crippen LogP contribution in [0.25, 0.3) is 11.2 Å². The van der Waals surface area contributed by atoms with Crippen LogP contribution in [0.5, 0.6) is 0 Å². The monoisotopic (exact) mass is 415 g/mol. The molecule has 1 unspecified atom stereocenters. The van der Waals surface area contributed by atoms with Crippen molar-refractivity contribution in [1.82, 2.24) is 19.5 Å². The molecule has 0 aromatic carbocycles. The normalized spacial score (nSPS) is 15.9. The Balaban J connectivity index is 0.00000182. The van der Waals surface area contributed by atoms with Gasteiger partial charge >= 0.3 is 59.1 Å². The van der Waals surface area contributed by atoms with Crippen molar-refractivity contribution in [3.63, 3.8) is 0 Å². The van der Waals surface area contributed by atoms with Gasteiger partial charge in [0.25, 0.3) is 0 Å². The van der Waals surface area contributed by atoms with Gasteiger partial charge in [0.2, 0.25) is 0 Å². The van der Waals surface area contributed by atoms with Crippen LogP contribution in [0.4, 0.5) is 5.82 Å². The fraction of sp³-hybridized carbons (Fsp3) is 0.643. The first-order valence-electron chi connectivity index (χ1n) is 8.12. The molecule has 2 aromatic rings. The third-order valence-electron chi connectivity index (χ3n) is 4.00. The fourth-order valence-electron chi connectivity index (χ4n) is 2.92. The maximum absolute atomic E-state index is 10.5. The van der Waals surface area contributed by atoms with Gasteiger partial charge in [-0.25, -0.2) is 15.0 Å². The molecule has 0 bridgehead atoms. The number of imidazole rings is 1. The Labute approximate surface area is 201 Å². The first kappa shape index (κ1) is 25.5. The summed E-state index contributed by atoms with van der Waals surface area (Å²) in [6.45, 7) is 1.72. The van der Waals surface area contributed by atoms with Crippen LogP contribution in [0.2, 0.25) is 0 Å². The molecule has 10 nitrogen and oxygen atoms in total. The second-order valence-electron chi connectivity index (χ2n) is 6.08. The van der Waals surface area contributed by atoms with Crippen molar-refractivity contribution in [3.8, 4) is 0 Å². The van der Waals surface area contributed by atoms with Gasteiger partial charge in [-0.3, -0.25) is 0 Å². The number of aliphatic hydroxyl groups excluding tert-OH is 1. The van der Waals surface area contributed by atoms with Crippen LogP contribution in [0, 0.1) is 0 Å². The molecular weight excluding hydrogens is 395 g/mol. The van der Waals surface area contributed by atoms with E-state index in [0.29, 0.717) is 11.2 Å². The van der Waals surface area contributed by atoms with Gasteiger partial charge in [-0.2, -0.15) is 0 Å². The Bertz CT molecular complexity index is 767. The number of hydrogen-bond donors (Lipinski definition) is 1. The molecule has 1 aliphatic heterocycles. The second-order valence-corrected chi connectivity index (χ2v) is 7.56. The van der Waals surface area contributed by atoms with Gasteiger partial charge in [0.05, 0.1) is 31.9 Å². The standard InChI is InChI=1S/C14H22N5O5P.2Na/c20-11(7-24-10-25(21,22)23)6-19-9-17-12-13(15-8-16-14(12)19)18-4-2-1-3-5-18;;/h8-9,11,20H,1-7,10H2,(H2,21,22,23);;/q;2*+1/p-2. The van der Waals surface area contributed by atoms with Gasteiger partial charge in [0.15, 0.2) is 17.0 Å². The van der Waals surface area contributed by atoms with Gasteiger partial charge in [-0.1, -0.05) is 0 Å². The molecule has 0 amide bonds. The number of hydrogen-bond acceptors (Lipinski definition) is 9. The van der Waals surface area contributed by atoms with Crippen molar-refractivity contribution in [3.05, 3.63) is 12.7 Å². The molecular formula is C14H20N5Na2O5P. The van der Waals surface area contributed by atoms with Crippen LogP contribution >= 0.6 is 7.60 Å². The Kier molecular flexibility index (Phi) is 10.9. The Morgan fingerprint density at radius 1 is 1.19 bits per heavy atom. The number of rotatable bonds is 7. The molecule has 1 saturated heterocycles. The van der Waals surface area contributed by atoms with E-state index < -0.39 is 20.0 Å². The number of aromatic nitrogens is 4. The summed E-state index contributed by atoms with van der Waals surface area (Å²) >= 11 is 0. The SMILES string of the molecule is O=P([O-])([O-])COCC(O)Cn1cnc2c(N3CCCCC3)ncnc21.[Na+].[Na+]. The summed E-state index contributed by atoms with van der Waals surface area (Å²) in [5, 5.41) is 9.97. The van der Waals surface area contributed by atoms with Crippen molar-refractivity contribution in [2.75, 3.05) is 30.9 Å². The molecule has 1 N–H and O–H groups in total. The number of nitrogens with zero attached hydrogens (tertiary/aromatic N) is 5. The Hall–Kier alpha value is 0.420. The predicted molar refractivity (Wildman–Crippen MR) is 85.8 cm³/mol. The average molecular weight is 415 g/mol. The van der Waals surface area contributed by atoms with Crippen molar-refractivity contribution in [2.45, 2.75) is 31.9 Å². The smallest absolute Gasteiger partial charge is 0.809 e. The number of piperidine rings is 1. The zero-order chi connectivity index (χ0) is 17.9. The van der Waals surface area contributed by atoms with E-state index in [2.05, 4.69) is 19.9 Å². The van der Waals surface area contributed by atoms with E-state index in [1.54, 1.807) is 10.9 Å². The van der Waals surface area contributed by atoms with Crippen LogP contribution in [-0.4, -0.2) is 56.8 Å². The minimum atomic E-state index is -4.73. The van der Waals surface area contributed by atoms with Crippen LogP contribution < -0.4 is 73.8 Å². The van der Waals surface area contributed by atoms with Crippen molar-refractivity contribution >= 4 is 24.6 Å². The summed E-state index contributed by atoms with van der Waals surface area (Å²) in [7, 11) is -4.73. The predicted octanol–water partition coefficient (Wildman–Crippen LogP) is -6.93. The quantitative estimate of drug-likeness (QED) is 0.345. The molecule has 0 spiro atoms. The molecule has 13 heteroatoms. The topological polar surface area (TPSA) is 139 Å². The van der Waals surface area contributed by atoms with E-state index in [9.17, 15) is 19.5 Å². The second kappa shape index (κ2) is 11.6. The number of fused-ring (bicyclic) bond motifs is 1. The summed E-state index contributed by atoms with van der Waals surface area (Å²) in [6.07, 6.45) is 4.55. The molecule has 3 heterocycles. The third kappa shape index (κ3) is 7.31. The summed E-state index contributed by atoms with van der Waals surface area (Å²) in [5.41, 5.74) is 1.26. The molecule has 0 saturated carbocycles. The zero-order valence-corrected chi connectivity index (χ0v) is 20.5. The molecule has 1 fully saturated rings. The van der Waals surface area contributed by atoms with Crippen LogP contribution in [0.15, 0.2) is 12.7 Å². The summed E-state index contributed by atoms with van der Waals surface area (Å²) in [5.74, 6) is 0.785. The molecule has 1 aliphatic rings. The van der Waals surface area contributed by atoms with Gasteiger partial charge in [0, 0.05) is 13.1 Å². The molecule has 0 aliphatic carbocycles. The van der Waals surface area contributed by atoms with Crippen LogP contribution in [-0.2, 0) is 15.8 Å². The van der Waals surface area contributed by atoms with E-state index in [4.69, 9.17) is 4.74 Å². The van der Waals surface area contributed by atoms with Crippen molar-refractivity contribution in [2.24, 2.45) is 0 Å². The molecule has 3 rings (SSSR count). The number of anilines is 1. The first-order chi connectivity index (χ1) is 11.9. The van der Waals surface area contributed by atoms with E-state index >= 15 is 0 Å². The van der Waals surface area contributed by atoms with Crippen LogP contribution in [0.1, 0.15) is 19.3 Å².